The summed E-state index contributed by atoms with van der Waals surface area (Å²) in [7, 11) is 0. The van der Waals surface area contributed by atoms with Crippen LogP contribution in [0.4, 0.5) is 52.7 Å². The SMILES string of the molecule is FC(F)(F)C(OC1C2OC(C(F)(F)F)(C(F)(F)F)C3C[C@H]1C[C@@H]23)C(F)(F)F. The number of fused-ring (bicyclic) bond motifs is 1. The highest BCUT2D eigenvalue weighted by Crippen LogP contribution is 2.68. The molecular formula is C13H10F12O2. The number of ether oxygens (including phenoxy) is 2. The Kier molecular flexibility index (Phi) is 4.29. The molecule has 2 nitrogen and oxygen atoms in total. The van der Waals surface area contributed by atoms with E-state index in [0.717, 1.165) is 0 Å². The van der Waals surface area contributed by atoms with Crippen molar-refractivity contribution < 1.29 is 62.2 Å². The maximum Gasteiger partial charge on any atom is 0.426 e. The predicted molar refractivity (Wildman–Crippen MR) is 60.2 cm³/mol. The van der Waals surface area contributed by atoms with Crippen LogP contribution in [0.15, 0.2) is 0 Å². The fourth-order valence-electron chi connectivity index (χ4n) is 4.58. The van der Waals surface area contributed by atoms with Crippen molar-refractivity contribution in [3.63, 3.8) is 0 Å². The normalized spacial score (nSPS) is 36.1. The zero-order chi connectivity index (χ0) is 20.8. The molecular weight excluding hydrogens is 416 g/mol. The fraction of sp³-hybridized carbons (Fsp3) is 1.00. The van der Waals surface area contributed by atoms with Gasteiger partial charge in [0.2, 0.25) is 6.10 Å². The Morgan fingerprint density at radius 2 is 1.26 bits per heavy atom. The van der Waals surface area contributed by atoms with Crippen LogP contribution < -0.4 is 0 Å². The van der Waals surface area contributed by atoms with Crippen LogP contribution in [0.1, 0.15) is 12.8 Å². The molecule has 0 N–H and O–H groups in total. The van der Waals surface area contributed by atoms with Gasteiger partial charge in [0.25, 0.3) is 5.60 Å². The summed E-state index contributed by atoms with van der Waals surface area (Å²) in [5, 5.41) is 0. The first-order valence-corrected chi connectivity index (χ1v) is 7.51. The largest absolute Gasteiger partial charge is 0.426 e. The van der Waals surface area contributed by atoms with Crippen molar-refractivity contribution in [1.82, 2.24) is 0 Å². The van der Waals surface area contributed by atoms with E-state index < -0.39 is 79.2 Å². The van der Waals surface area contributed by atoms with Gasteiger partial charge in [-0.05, 0) is 24.7 Å². The van der Waals surface area contributed by atoms with Crippen molar-refractivity contribution in [2.45, 2.75) is 61.5 Å². The van der Waals surface area contributed by atoms with Gasteiger partial charge in [-0.1, -0.05) is 0 Å². The number of rotatable bonds is 2. The van der Waals surface area contributed by atoms with Crippen LogP contribution in [-0.2, 0) is 9.47 Å². The van der Waals surface area contributed by atoms with Crippen molar-refractivity contribution in [3.05, 3.63) is 0 Å². The monoisotopic (exact) mass is 426 g/mol. The summed E-state index contributed by atoms with van der Waals surface area (Å²) in [6.45, 7) is 0. The summed E-state index contributed by atoms with van der Waals surface area (Å²) in [5.74, 6) is -4.96. The Morgan fingerprint density at radius 1 is 0.778 bits per heavy atom. The lowest BCUT2D eigenvalue weighted by Gasteiger charge is -2.36. The minimum Gasteiger partial charge on any atom is -0.355 e. The molecule has 0 spiro atoms. The third-order valence-corrected chi connectivity index (χ3v) is 5.43. The molecule has 0 aromatic carbocycles. The van der Waals surface area contributed by atoms with E-state index in [9.17, 15) is 52.7 Å². The summed E-state index contributed by atoms with van der Waals surface area (Å²) < 4.78 is 164. The molecule has 0 amide bonds. The minimum absolute atomic E-state index is 0.434. The molecule has 1 heterocycles. The van der Waals surface area contributed by atoms with Crippen molar-refractivity contribution in [3.8, 4) is 0 Å². The second-order valence-electron chi connectivity index (χ2n) is 6.88. The van der Waals surface area contributed by atoms with Gasteiger partial charge in [-0.2, -0.15) is 52.7 Å². The van der Waals surface area contributed by atoms with Gasteiger partial charge in [-0.15, -0.1) is 0 Å². The lowest BCUT2D eigenvalue weighted by Crippen LogP contribution is -2.60. The van der Waals surface area contributed by atoms with E-state index in [-0.39, 0.29) is 0 Å². The highest BCUT2D eigenvalue weighted by Gasteiger charge is 2.84. The average Bonchev–Trinajstić information content (AvgIpc) is 2.97. The van der Waals surface area contributed by atoms with Crippen LogP contribution in [0.5, 0.6) is 0 Å². The maximum atomic E-state index is 13.3. The second-order valence-corrected chi connectivity index (χ2v) is 6.88. The van der Waals surface area contributed by atoms with Crippen LogP contribution in [0, 0.1) is 17.8 Å². The quantitative estimate of drug-likeness (QED) is 0.592. The molecule has 1 saturated heterocycles. The van der Waals surface area contributed by atoms with Gasteiger partial charge in [0.05, 0.1) is 12.2 Å². The van der Waals surface area contributed by atoms with Crippen LogP contribution in [0.2, 0.25) is 0 Å². The lowest BCUT2D eigenvalue weighted by atomic mass is 9.77. The van der Waals surface area contributed by atoms with Gasteiger partial charge in [0.1, 0.15) is 0 Å². The third-order valence-electron chi connectivity index (χ3n) is 5.43. The number of alkyl halides is 12. The van der Waals surface area contributed by atoms with E-state index in [4.69, 9.17) is 0 Å². The van der Waals surface area contributed by atoms with E-state index in [0.29, 0.717) is 0 Å². The Bertz CT molecular complexity index is 560. The molecule has 5 atom stereocenters. The summed E-state index contributed by atoms with van der Waals surface area (Å²) >= 11 is 0. The van der Waals surface area contributed by atoms with Gasteiger partial charge in [-0.3, -0.25) is 0 Å². The number of hydrogen-bond donors (Lipinski definition) is 0. The number of hydrogen-bond acceptors (Lipinski definition) is 2. The van der Waals surface area contributed by atoms with Gasteiger partial charge >= 0.3 is 24.7 Å². The molecule has 3 fully saturated rings. The number of halogens is 12. The Hall–Kier alpha value is -0.920. The zero-order valence-electron chi connectivity index (χ0n) is 12.7. The second kappa shape index (κ2) is 5.57. The smallest absolute Gasteiger partial charge is 0.355 e. The standard InChI is InChI=1S/C13H10F12O2/c14-10(15,16)8(11(17,18)19)26-6-3-1-4-5(2-3)9(12(20,21)22,13(23,24)25)27-7(4)6/h3-8H,1-2H2/t3-,4-,5?,6?,7?/m1/s1. The summed E-state index contributed by atoms with van der Waals surface area (Å²) in [6, 6.07) is 0. The van der Waals surface area contributed by atoms with E-state index in [2.05, 4.69) is 9.47 Å². The molecule has 3 rings (SSSR count). The third kappa shape index (κ3) is 2.88. The van der Waals surface area contributed by atoms with Crippen LogP contribution >= 0.6 is 0 Å². The van der Waals surface area contributed by atoms with Crippen molar-refractivity contribution in [1.29, 1.82) is 0 Å². The van der Waals surface area contributed by atoms with Crippen LogP contribution in [0.3, 0.4) is 0 Å². The molecule has 3 aliphatic rings. The molecule has 14 heteroatoms. The molecule has 158 valence electrons. The van der Waals surface area contributed by atoms with Gasteiger partial charge < -0.3 is 9.47 Å². The average molecular weight is 426 g/mol. The predicted octanol–water partition coefficient (Wildman–Crippen LogP) is 4.78. The molecule has 1 aliphatic heterocycles. The zero-order valence-corrected chi connectivity index (χ0v) is 12.7. The van der Waals surface area contributed by atoms with Gasteiger partial charge in [0.15, 0.2) is 0 Å². The van der Waals surface area contributed by atoms with E-state index in [1.165, 1.54) is 0 Å². The molecule has 2 saturated carbocycles. The molecule has 27 heavy (non-hydrogen) atoms. The highest BCUT2D eigenvalue weighted by molar-refractivity contribution is 5.19. The van der Waals surface area contributed by atoms with Gasteiger partial charge in [-0.25, -0.2) is 0 Å². The molecule has 0 radical (unpaired) electrons. The van der Waals surface area contributed by atoms with Crippen molar-refractivity contribution >= 4 is 0 Å². The topological polar surface area (TPSA) is 18.5 Å². The molecule has 0 aromatic rings. The Morgan fingerprint density at radius 3 is 1.67 bits per heavy atom. The summed E-state index contributed by atoms with van der Waals surface area (Å²) in [6.07, 6.45) is -33.8. The Balaban J connectivity index is 1.94. The van der Waals surface area contributed by atoms with Crippen molar-refractivity contribution in [2.24, 2.45) is 17.8 Å². The first kappa shape index (κ1) is 20.8. The summed E-state index contributed by atoms with van der Waals surface area (Å²) in [4.78, 5) is 0. The molecule has 2 bridgehead atoms. The van der Waals surface area contributed by atoms with Crippen LogP contribution in [0.25, 0.3) is 0 Å². The van der Waals surface area contributed by atoms with E-state index >= 15 is 0 Å². The van der Waals surface area contributed by atoms with Crippen LogP contribution in [-0.4, -0.2) is 48.6 Å². The molecule has 2 aliphatic carbocycles. The first-order valence-electron chi connectivity index (χ1n) is 7.51. The maximum absolute atomic E-state index is 13.3. The van der Waals surface area contributed by atoms with E-state index in [1.807, 2.05) is 0 Å². The highest BCUT2D eigenvalue weighted by atomic mass is 19.4. The van der Waals surface area contributed by atoms with Crippen molar-refractivity contribution in [2.75, 3.05) is 0 Å². The minimum atomic E-state index is -5.94. The molecule has 3 unspecified atom stereocenters. The van der Waals surface area contributed by atoms with E-state index in [1.54, 1.807) is 0 Å². The van der Waals surface area contributed by atoms with Gasteiger partial charge in [0, 0.05) is 5.92 Å². The first-order chi connectivity index (χ1) is 11.9. The summed E-state index contributed by atoms with van der Waals surface area (Å²) in [5.41, 5.74) is -4.63. The fourth-order valence-corrected chi connectivity index (χ4v) is 4.58. The molecule has 0 aromatic heterocycles. The lowest BCUT2D eigenvalue weighted by molar-refractivity contribution is -0.388. The Labute approximate surface area is 142 Å².